The number of nitrogens with zero attached hydrogens (tertiary/aromatic N) is 1. The van der Waals surface area contributed by atoms with Gasteiger partial charge in [0.15, 0.2) is 0 Å². The van der Waals surface area contributed by atoms with E-state index in [0.717, 1.165) is 26.6 Å². The first kappa shape index (κ1) is 16.3. The van der Waals surface area contributed by atoms with E-state index in [2.05, 4.69) is 31.2 Å². The molecule has 0 atom stereocenters. The highest BCUT2D eigenvalue weighted by molar-refractivity contribution is 9.10. The molecule has 6 heteroatoms. The van der Waals surface area contributed by atoms with E-state index in [0.29, 0.717) is 6.54 Å². The Morgan fingerprint density at radius 2 is 2.17 bits per heavy atom. The molecule has 0 fully saturated rings. The summed E-state index contributed by atoms with van der Waals surface area (Å²) in [6.45, 7) is 0.653. The lowest BCUT2D eigenvalue weighted by molar-refractivity contribution is 0.141. The molecule has 2 aromatic heterocycles. The van der Waals surface area contributed by atoms with Crippen LogP contribution in [0, 0.1) is 0 Å². The van der Waals surface area contributed by atoms with Crippen LogP contribution < -0.4 is 5.32 Å². The van der Waals surface area contributed by atoms with E-state index in [-0.39, 0.29) is 6.61 Å². The first-order valence-electron chi connectivity index (χ1n) is 7.46. The number of alkyl carbamates (subject to hydrolysis) is 1. The highest BCUT2D eigenvalue weighted by atomic mass is 79.9. The largest absolute Gasteiger partial charge is 0.445 e. The smallest absolute Gasteiger partial charge is 0.407 e. The predicted octanol–water partition coefficient (Wildman–Crippen LogP) is 4.27. The molecule has 0 spiro atoms. The van der Waals surface area contributed by atoms with Gasteiger partial charge in [0.2, 0.25) is 0 Å². The van der Waals surface area contributed by atoms with E-state index in [1.807, 2.05) is 54.7 Å². The lowest BCUT2D eigenvalue weighted by Crippen LogP contribution is -2.24. The monoisotopic (exact) mass is 385 g/mol. The zero-order chi connectivity index (χ0) is 16.8. The van der Waals surface area contributed by atoms with Crippen molar-refractivity contribution in [2.45, 2.75) is 6.61 Å². The van der Waals surface area contributed by atoms with E-state index < -0.39 is 6.09 Å². The summed E-state index contributed by atoms with van der Waals surface area (Å²) in [7, 11) is 0. The highest BCUT2D eigenvalue weighted by Crippen LogP contribution is 2.21. The van der Waals surface area contributed by atoms with Gasteiger partial charge in [-0.2, -0.15) is 0 Å². The number of aromatic amines is 1. The lowest BCUT2D eigenvalue weighted by atomic mass is 10.2. The summed E-state index contributed by atoms with van der Waals surface area (Å²) < 4.78 is 6.07. The first-order valence-corrected chi connectivity index (χ1v) is 8.25. The number of H-pyrrole nitrogens is 1. The molecule has 2 heterocycles. The first-order chi connectivity index (χ1) is 11.7. The fourth-order valence-electron chi connectivity index (χ4n) is 2.24. The van der Waals surface area contributed by atoms with Crippen molar-refractivity contribution >= 4 is 39.1 Å². The van der Waals surface area contributed by atoms with Crippen molar-refractivity contribution in [2.24, 2.45) is 0 Å². The Hall–Kier alpha value is -2.60. The number of halogens is 1. The van der Waals surface area contributed by atoms with Gasteiger partial charge in [0.25, 0.3) is 0 Å². The number of benzene rings is 1. The van der Waals surface area contributed by atoms with E-state index in [1.165, 1.54) is 0 Å². The Balaban J connectivity index is 1.49. The lowest BCUT2D eigenvalue weighted by Gasteiger charge is -2.05. The van der Waals surface area contributed by atoms with E-state index >= 15 is 0 Å². The topological polar surface area (TPSA) is 67.0 Å². The van der Waals surface area contributed by atoms with Gasteiger partial charge in [0, 0.05) is 34.4 Å². The third-order valence-electron chi connectivity index (χ3n) is 3.40. The minimum atomic E-state index is -0.438. The van der Waals surface area contributed by atoms with Crippen LogP contribution in [0.1, 0.15) is 11.1 Å². The normalized spacial score (nSPS) is 11.0. The molecular weight excluding hydrogens is 370 g/mol. The van der Waals surface area contributed by atoms with Gasteiger partial charge in [-0.05, 0) is 27.6 Å². The van der Waals surface area contributed by atoms with Gasteiger partial charge in [-0.1, -0.05) is 42.5 Å². The maximum absolute atomic E-state index is 11.6. The van der Waals surface area contributed by atoms with Crippen LogP contribution in [0.3, 0.4) is 0 Å². The fourth-order valence-corrected chi connectivity index (χ4v) is 2.57. The van der Waals surface area contributed by atoms with Crippen molar-refractivity contribution in [2.75, 3.05) is 6.54 Å². The summed E-state index contributed by atoms with van der Waals surface area (Å²) in [5.41, 5.74) is 2.80. The second-order valence-electron chi connectivity index (χ2n) is 5.14. The molecule has 2 N–H and O–H groups in total. The number of pyridine rings is 1. The number of amides is 1. The second kappa shape index (κ2) is 7.79. The SMILES string of the molecule is O=C(NCC=Cc1c[nH]c2ncc(Br)cc12)OCc1ccccc1. The Labute approximate surface area is 147 Å². The summed E-state index contributed by atoms with van der Waals surface area (Å²) in [4.78, 5) is 19.0. The molecule has 3 aromatic rings. The zero-order valence-electron chi connectivity index (χ0n) is 12.8. The molecule has 24 heavy (non-hydrogen) atoms. The maximum atomic E-state index is 11.6. The number of hydrogen-bond donors (Lipinski definition) is 2. The van der Waals surface area contributed by atoms with Crippen LogP contribution in [0.15, 0.2) is 59.3 Å². The van der Waals surface area contributed by atoms with Crippen molar-refractivity contribution in [1.82, 2.24) is 15.3 Å². The van der Waals surface area contributed by atoms with E-state index in [9.17, 15) is 4.79 Å². The summed E-state index contributed by atoms with van der Waals surface area (Å²) in [5.74, 6) is 0. The van der Waals surface area contributed by atoms with Gasteiger partial charge in [-0.3, -0.25) is 0 Å². The molecule has 0 bridgehead atoms. The number of fused-ring (bicyclic) bond motifs is 1. The summed E-state index contributed by atoms with van der Waals surface area (Å²) in [6.07, 6.45) is 7.00. The molecule has 3 rings (SSSR count). The highest BCUT2D eigenvalue weighted by Gasteiger charge is 2.03. The fraction of sp³-hybridized carbons (Fsp3) is 0.111. The molecular formula is C18H16BrN3O2. The van der Waals surface area contributed by atoms with E-state index in [1.54, 1.807) is 6.20 Å². The number of ether oxygens (including phenoxy) is 1. The molecule has 0 aliphatic heterocycles. The quantitative estimate of drug-likeness (QED) is 0.689. The van der Waals surface area contributed by atoms with Crippen LogP contribution >= 0.6 is 15.9 Å². The molecule has 0 saturated heterocycles. The molecule has 0 saturated carbocycles. The van der Waals surface area contributed by atoms with Crippen LogP contribution in [0.4, 0.5) is 4.79 Å². The van der Waals surface area contributed by atoms with Gasteiger partial charge in [0.1, 0.15) is 12.3 Å². The molecule has 5 nitrogen and oxygen atoms in total. The summed E-state index contributed by atoms with van der Waals surface area (Å²) in [5, 5.41) is 3.71. The van der Waals surface area contributed by atoms with Gasteiger partial charge in [-0.15, -0.1) is 0 Å². The summed E-state index contributed by atoms with van der Waals surface area (Å²) >= 11 is 3.41. The third kappa shape index (κ3) is 4.23. The van der Waals surface area contributed by atoms with Gasteiger partial charge < -0.3 is 15.0 Å². The number of nitrogens with one attached hydrogen (secondary N) is 2. The average Bonchev–Trinajstić information content (AvgIpc) is 3.00. The Morgan fingerprint density at radius 1 is 1.33 bits per heavy atom. The van der Waals surface area contributed by atoms with Crippen molar-refractivity contribution < 1.29 is 9.53 Å². The average molecular weight is 386 g/mol. The number of aromatic nitrogens is 2. The minimum absolute atomic E-state index is 0.262. The van der Waals surface area contributed by atoms with Crippen LogP contribution in [-0.2, 0) is 11.3 Å². The number of hydrogen-bond acceptors (Lipinski definition) is 3. The van der Waals surface area contributed by atoms with Gasteiger partial charge in [0.05, 0.1) is 0 Å². The van der Waals surface area contributed by atoms with Crippen molar-refractivity contribution in [3.8, 4) is 0 Å². The molecule has 0 unspecified atom stereocenters. The number of carbonyl (C=O) groups is 1. The predicted molar refractivity (Wildman–Crippen MR) is 97.5 cm³/mol. The number of rotatable bonds is 5. The molecule has 1 amide bonds. The maximum Gasteiger partial charge on any atom is 0.407 e. The van der Waals surface area contributed by atoms with Crippen molar-refractivity contribution in [3.05, 3.63) is 70.5 Å². The zero-order valence-corrected chi connectivity index (χ0v) is 14.4. The Kier molecular flexibility index (Phi) is 5.28. The van der Waals surface area contributed by atoms with Gasteiger partial charge >= 0.3 is 6.09 Å². The standard InChI is InChI=1S/C18H16BrN3O2/c19-15-9-16-14(10-21-17(16)22-11-15)7-4-8-20-18(23)24-12-13-5-2-1-3-6-13/h1-7,9-11H,8,12H2,(H,20,23)(H,21,22). The van der Waals surface area contributed by atoms with Gasteiger partial charge in [-0.25, -0.2) is 9.78 Å². The molecule has 122 valence electrons. The van der Waals surface area contributed by atoms with Crippen molar-refractivity contribution in [1.29, 1.82) is 0 Å². The molecule has 0 aliphatic rings. The molecule has 0 aliphatic carbocycles. The molecule has 0 radical (unpaired) electrons. The number of carbonyl (C=O) groups excluding carboxylic acids is 1. The van der Waals surface area contributed by atoms with Crippen LogP contribution in [0.2, 0.25) is 0 Å². The summed E-state index contributed by atoms with van der Waals surface area (Å²) in [6, 6.07) is 11.6. The van der Waals surface area contributed by atoms with Crippen LogP contribution in [0.5, 0.6) is 0 Å². The van der Waals surface area contributed by atoms with Crippen molar-refractivity contribution in [3.63, 3.8) is 0 Å². The second-order valence-corrected chi connectivity index (χ2v) is 6.05. The third-order valence-corrected chi connectivity index (χ3v) is 3.84. The minimum Gasteiger partial charge on any atom is -0.445 e. The van der Waals surface area contributed by atoms with Crippen LogP contribution in [-0.4, -0.2) is 22.6 Å². The van der Waals surface area contributed by atoms with Crippen LogP contribution in [0.25, 0.3) is 17.1 Å². The van der Waals surface area contributed by atoms with E-state index in [4.69, 9.17) is 4.74 Å². The Morgan fingerprint density at radius 3 is 3.00 bits per heavy atom. The Bertz CT molecular complexity index is 859. The molecule has 1 aromatic carbocycles.